The zero-order valence-electron chi connectivity index (χ0n) is 12.5. The first kappa shape index (κ1) is 15.1. The maximum atomic E-state index is 6.13. The van der Waals surface area contributed by atoms with E-state index in [1.165, 1.54) is 0 Å². The highest BCUT2D eigenvalue weighted by Gasteiger charge is 2.11. The fourth-order valence-electron chi connectivity index (χ4n) is 1.85. The van der Waals surface area contributed by atoms with E-state index in [0.29, 0.717) is 0 Å². The summed E-state index contributed by atoms with van der Waals surface area (Å²) in [7, 11) is 0. The molecule has 1 aromatic carbocycles. The number of nitrogens with one attached hydrogen (secondary N) is 1. The molecular weight excluding hydrogens is 272 g/mol. The van der Waals surface area contributed by atoms with Crippen molar-refractivity contribution in [3.8, 4) is 11.3 Å². The molecule has 108 valence electrons. The Morgan fingerprint density at radius 2 is 2.05 bits per heavy atom. The van der Waals surface area contributed by atoms with Gasteiger partial charge in [0.2, 0.25) is 0 Å². The van der Waals surface area contributed by atoms with E-state index in [1.807, 2.05) is 25.1 Å². The molecule has 2 rings (SSSR count). The van der Waals surface area contributed by atoms with Crippen LogP contribution in [0, 0.1) is 6.92 Å². The molecule has 0 fully saturated rings. The molecule has 0 aliphatic rings. The van der Waals surface area contributed by atoms with Gasteiger partial charge in [0.25, 0.3) is 0 Å². The van der Waals surface area contributed by atoms with Crippen LogP contribution < -0.4 is 5.32 Å². The van der Waals surface area contributed by atoms with Crippen LogP contribution >= 0.6 is 11.6 Å². The zero-order chi connectivity index (χ0) is 14.8. The highest BCUT2D eigenvalue weighted by atomic mass is 35.5. The molecule has 0 bridgehead atoms. The minimum atomic E-state index is 0.111. The predicted molar refractivity (Wildman–Crippen MR) is 83.1 cm³/mol. The predicted octanol–water partition coefficient (Wildman–Crippen LogP) is 4.23. The fraction of sp³-hybridized carbons (Fsp3) is 0.438. The van der Waals surface area contributed by atoms with Gasteiger partial charge in [-0.05, 0) is 39.3 Å². The van der Waals surface area contributed by atoms with Crippen LogP contribution in [0.15, 0.2) is 28.8 Å². The summed E-state index contributed by atoms with van der Waals surface area (Å²) in [4.78, 5) is 4.31. The summed E-state index contributed by atoms with van der Waals surface area (Å²) in [6.07, 6.45) is 2.53. The van der Waals surface area contributed by atoms with Gasteiger partial charge in [-0.3, -0.25) is 0 Å². The van der Waals surface area contributed by atoms with Crippen molar-refractivity contribution in [3.63, 3.8) is 0 Å². The first-order valence-electron chi connectivity index (χ1n) is 6.81. The van der Waals surface area contributed by atoms with Gasteiger partial charge in [-0.25, -0.2) is 4.98 Å². The molecule has 4 heteroatoms. The topological polar surface area (TPSA) is 38.1 Å². The molecule has 0 amide bonds. The van der Waals surface area contributed by atoms with Crippen LogP contribution in [0.4, 0.5) is 0 Å². The number of halogens is 1. The Morgan fingerprint density at radius 3 is 2.70 bits per heavy atom. The number of hydrogen-bond donors (Lipinski definition) is 1. The van der Waals surface area contributed by atoms with Crippen LogP contribution in [0.1, 0.15) is 32.2 Å². The van der Waals surface area contributed by atoms with Crippen molar-refractivity contribution in [1.82, 2.24) is 10.3 Å². The van der Waals surface area contributed by atoms with Crippen molar-refractivity contribution in [1.29, 1.82) is 0 Å². The average molecular weight is 293 g/mol. The summed E-state index contributed by atoms with van der Waals surface area (Å²) in [6, 6.07) is 5.90. The van der Waals surface area contributed by atoms with Crippen molar-refractivity contribution < 1.29 is 4.42 Å². The van der Waals surface area contributed by atoms with Crippen LogP contribution in [0.5, 0.6) is 0 Å². The van der Waals surface area contributed by atoms with Crippen LogP contribution in [-0.2, 0) is 6.42 Å². The van der Waals surface area contributed by atoms with Crippen LogP contribution in [-0.4, -0.2) is 17.1 Å². The minimum absolute atomic E-state index is 0.111. The van der Waals surface area contributed by atoms with Gasteiger partial charge in [-0.2, -0.15) is 0 Å². The number of benzene rings is 1. The number of nitrogens with zero attached hydrogens (tertiary/aromatic N) is 1. The molecule has 1 heterocycles. The molecule has 0 aliphatic carbocycles. The van der Waals surface area contributed by atoms with Crippen LogP contribution in [0.3, 0.4) is 0 Å². The Morgan fingerprint density at radius 1 is 1.30 bits per heavy atom. The lowest BCUT2D eigenvalue weighted by molar-refractivity contribution is 0.412. The number of oxazole rings is 1. The Hall–Kier alpha value is -1.32. The van der Waals surface area contributed by atoms with E-state index in [9.17, 15) is 0 Å². The maximum absolute atomic E-state index is 6.13. The monoisotopic (exact) mass is 292 g/mol. The molecule has 0 spiro atoms. The normalized spacial score (nSPS) is 11.8. The zero-order valence-corrected chi connectivity index (χ0v) is 13.2. The molecule has 0 atom stereocenters. The summed E-state index contributed by atoms with van der Waals surface area (Å²) in [5.74, 6) is 1.51. The Balaban J connectivity index is 2.03. The fourth-order valence-corrected chi connectivity index (χ4v) is 2.03. The Labute approximate surface area is 125 Å². The van der Waals surface area contributed by atoms with Crippen molar-refractivity contribution in [2.24, 2.45) is 0 Å². The van der Waals surface area contributed by atoms with Crippen molar-refractivity contribution in [2.45, 2.75) is 39.7 Å². The molecule has 1 aromatic heterocycles. The molecule has 20 heavy (non-hydrogen) atoms. The number of aromatic nitrogens is 1. The summed E-state index contributed by atoms with van der Waals surface area (Å²) in [5, 5.41) is 4.16. The van der Waals surface area contributed by atoms with Crippen molar-refractivity contribution in [2.75, 3.05) is 6.54 Å². The van der Waals surface area contributed by atoms with Gasteiger partial charge in [-0.1, -0.05) is 23.7 Å². The van der Waals surface area contributed by atoms with Crippen molar-refractivity contribution in [3.05, 3.63) is 40.9 Å². The van der Waals surface area contributed by atoms with Gasteiger partial charge >= 0.3 is 0 Å². The van der Waals surface area contributed by atoms with Gasteiger partial charge in [0.05, 0.1) is 6.20 Å². The molecule has 2 aromatic rings. The highest BCUT2D eigenvalue weighted by Crippen LogP contribution is 2.25. The number of rotatable bonds is 4. The quantitative estimate of drug-likeness (QED) is 0.916. The summed E-state index contributed by atoms with van der Waals surface area (Å²) < 4.78 is 5.77. The Bertz CT molecular complexity index is 584. The van der Waals surface area contributed by atoms with E-state index < -0.39 is 0 Å². The molecule has 1 N–H and O–H groups in total. The van der Waals surface area contributed by atoms with E-state index in [2.05, 4.69) is 31.1 Å². The van der Waals surface area contributed by atoms with Gasteiger partial charge in [-0.15, -0.1) is 0 Å². The van der Waals surface area contributed by atoms with E-state index >= 15 is 0 Å². The number of aryl methyl sites for hydroxylation is 1. The molecule has 0 saturated heterocycles. The summed E-state index contributed by atoms with van der Waals surface area (Å²) in [6.45, 7) is 9.25. The van der Waals surface area contributed by atoms with Gasteiger partial charge < -0.3 is 9.73 Å². The largest absolute Gasteiger partial charge is 0.441 e. The summed E-state index contributed by atoms with van der Waals surface area (Å²) in [5.41, 5.74) is 2.13. The van der Waals surface area contributed by atoms with Crippen LogP contribution in [0.2, 0.25) is 5.02 Å². The molecule has 0 unspecified atom stereocenters. The molecule has 0 radical (unpaired) electrons. The second-order valence-corrected chi connectivity index (χ2v) is 6.42. The molecule has 0 saturated carbocycles. The minimum Gasteiger partial charge on any atom is -0.441 e. The highest BCUT2D eigenvalue weighted by molar-refractivity contribution is 6.31. The third-order valence-electron chi connectivity index (χ3n) is 3.00. The molecular formula is C16H21ClN2O. The van der Waals surface area contributed by atoms with Gasteiger partial charge in [0.1, 0.15) is 0 Å². The lowest BCUT2D eigenvalue weighted by Gasteiger charge is -2.19. The first-order chi connectivity index (χ1) is 9.35. The molecule has 0 aliphatic heterocycles. The summed E-state index contributed by atoms with van der Waals surface area (Å²) >= 11 is 6.13. The van der Waals surface area contributed by atoms with E-state index in [1.54, 1.807) is 6.20 Å². The first-order valence-corrected chi connectivity index (χ1v) is 7.19. The number of hydrogen-bond acceptors (Lipinski definition) is 3. The van der Waals surface area contributed by atoms with Crippen LogP contribution in [0.25, 0.3) is 11.3 Å². The second kappa shape index (κ2) is 5.98. The van der Waals surface area contributed by atoms with Gasteiger partial charge in [0.15, 0.2) is 11.7 Å². The second-order valence-electron chi connectivity index (χ2n) is 6.01. The van der Waals surface area contributed by atoms with E-state index in [-0.39, 0.29) is 5.54 Å². The van der Waals surface area contributed by atoms with E-state index in [0.717, 1.165) is 40.8 Å². The SMILES string of the molecule is Cc1ccc(-c2cnc(CCNC(C)(C)C)o2)cc1Cl. The standard InChI is InChI=1S/C16H21ClN2O/c1-11-5-6-12(9-13(11)17)14-10-18-15(20-14)7-8-19-16(2,3)4/h5-6,9-10,19H,7-8H2,1-4H3. The third kappa shape index (κ3) is 4.09. The lowest BCUT2D eigenvalue weighted by Crippen LogP contribution is -2.37. The third-order valence-corrected chi connectivity index (χ3v) is 3.41. The van der Waals surface area contributed by atoms with Crippen molar-refractivity contribution >= 4 is 11.6 Å². The maximum Gasteiger partial charge on any atom is 0.196 e. The Kier molecular flexibility index (Phi) is 4.51. The van der Waals surface area contributed by atoms with Gasteiger partial charge in [0, 0.05) is 29.1 Å². The van der Waals surface area contributed by atoms with E-state index in [4.69, 9.17) is 16.0 Å². The average Bonchev–Trinajstić information content (AvgIpc) is 2.80. The lowest BCUT2D eigenvalue weighted by atomic mass is 10.1. The smallest absolute Gasteiger partial charge is 0.196 e. The molecule has 3 nitrogen and oxygen atoms in total.